The van der Waals surface area contributed by atoms with Crippen LogP contribution in [-0.4, -0.2) is 77.7 Å². The van der Waals surface area contributed by atoms with Gasteiger partial charge in [-0.3, -0.25) is 20.2 Å². The van der Waals surface area contributed by atoms with Gasteiger partial charge in [-0.05, 0) is 27.7 Å². The molecule has 8 nitrogen and oxygen atoms in total. The van der Waals surface area contributed by atoms with Crippen molar-refractivity contribution in [2.75, 3.05) is 32.8 Å². The molecule has 9 heteroatoms. The molecule has 0 spiro atoms. The molecule has 0 radical (unpaired) electrons. The number of hydrazine groups is 1. The number of carbonyl (C=O) groups is 2. The first-order valence-corrected chi connectivity index (χ1v) is 12.9. The minimum atomic E-state index is -0.780. The Morgan fingerprint density at radius 2 is 1.95 bits per heavy atom. The van der Waals surface area contributed by atoms with Crippen molar-refractivity contribution in [1.82, 2.24) is 10.4 Å². The van der Waals surface area contributed by atoms with Gasteiger partial charge in [0.2, 0.25) is 0 Å². The van der Waals surface area contributed by atoms with Crippen molar-refractivity contribution in [3.05, 3.63) is 82.4 Å². The van der Waals surface area contributed by atoms with E-state index in [2.05, 4.69) is 10.4 Å². The zero-order valence-corrected chi connectivity index (χ0v) is 22.6. The Morgan fingerprint density at radius 3 is 2.74 bits per heavy atom. The molecule has 38 heavy (non-hydrogen) atoms. The number of fused-ring (bicyclic) bond motifs is 5. The van der Waals surface area contributed by atoms with Crippen LogP contribution in [0.15, 0.2) is 77.0 Å². The lowest BCUT2D eigenvalue weighted by Gasteiger charge is -2.51. The van der Waals surface area contributed by atoms with E-state index in [1.54, 1.807) is 35.7 Å². The number of aliphatic hydroxyl groups excluding tert-OH is 1. The number of hydrogen-bond acceptors (Lipinski definition) is 6. The number of amides is 1. The Morgan fingerprint density at radius 1 is 1.13 bits per heavy atom. The molecule has 4 heterocycles. The number of benzene rings is 1. The van der Waals surface area contributed by atoms with E-state index in [-0.39, 0.29) is 35.0 Å². The largest absolute Gasteiger partial charge is 1.00 e. The Labute approximate surface area is 232 Å². The standard InChI is InChI=1S/C29H30N4O4.BrH/c34-25-8-3-7-24-23(25)10-9-20-5-1-2-6-22(20)28(24)29(36)37-26-17-33(15-11-21(26)12-16-33)18-27(35)31-32-14-4-13-30-19-32;/h1-10,13-14,21,25-26,34H,11-12,15-19H2;1H/t21?,25?,26-,33?;/m0./s1. The predicted octanol–water partition coefficient (Wildman–Crippen LogP) is -2.54. The molecule has 3 fully saturated rings. The van der Waals surface area contributed by atoms with Crippen LogP contribution in [0.2, 0.25) is 0 Å². The molecule has 198 valence electrons. The van der Waals surface area contributed by atoms with Crippen molar-refractivity contribution < 1.29 is 40.9 Å². The molecule has 7 rings (SSSR count). The predicted molar refractivity (Wildman–Crippen MR) is 140 cm³/mol. The van der Waals surface area contributed by atoms with Gasteiger partial charge in [0, 0.05) is 31.2 Å². The second-order valence-corrected chi connectivity index (χ2v) is 10.4. The van der Waals surface area contributed by atoms with E-state index in [1.807, 2.05) is 42.5 Å². The molecule has 0 aromatic heterocycles. The summed E-state index contributed by atoms with van der Waals surface area (Å²) in [6.45, 7) is 3.19. The van der Waals surface area contributed by atoms with E-state index in [9.17, 15) is 14.7 Å². The van der Waals surface area contributed by atoms with Crippen molar-refractivity contribution in [1.29, 1.82) is 0 Å². The van der Waals surface area contributed by atoms with E-state index in [4.69, 9.17) is 4.74 Å². The van der Waals surface area contributed by atoms with Crippen LogP contribution < -0.4 is 32.8 Å². The fraction of sp³-hybridized carbons (Fsp3) is 0.345. The van der Waals surface area contributed by atoms with Crippen LogP contribution in [-0.2, 0) is 14.3 Å². The summed E-state index contributed by atoms with van der Waals surface area (Å²) in [4.78, 5) is 30.9. The van der Waals surface area contributed by atoms with Gasteiger partial charge in [0.05, 0.1) is 24.8 Å². The summed E-state index contributed by atoms with van der Waals surface area (Å²) in [5, 5.41) is 14.0. The number of hydrogen-bond donors (Lipinski definition) is 2. The van der Waals surface area contributed by atoms with Crippen LogP contribution >= 0.6 is 0 Å². The first-order valence-electron chi connectivity index (χ1n) is 12.9. The van der Waals surface area contributed by atoms with Crippen molar-refractivity contribution in [3.8, 4) is 0 Å². The van der Waals surface area contributed by atoms with E-state index in [1.165, 1.54) is 0 Å². The van der Waals surface area contributed by atoms with Crippen molar-refractivity contribution >= 4 is 29.7 Å². The average Bonchev–Trinajstić information content (AvgIpc) is 3.07. The normalized spacial score (nSPS) is 28.6. The average molecular weight is 579 g/mol. The molecule has 2 N–H and O–H groups in total. The lowest BCUT2D eigenvalue weighted by molar-refractivity contribution is -0.939. The molecule has 2 bridgehead atoms. The summed E-state index contributed by atoms with van der Waals surface area (Å²) in [7, 11) is 0. The molecular weight excluding hydrogens is 548 g/mol. The van der Waals surface area contributed by atoms with Crippen molar-refractivity contribution in [3.63, 3.8) is 0 Å². The molecule has 1 aromatic carbocycles. The van der Waals surface area contributed by atoms with Crippen LogP contribution in [0, 0.1) is 5.92 Å². The number of aliphatic imine (C=N–C) groups is 1. The van der Waals surface area contributed by atoms with E-state index in [0.29, 0.717) is 46.9 Å². The maximum atomic E-state index is 13.8. The Kier molecular flexibility index (Phi) is 7.52. The number of aliphatic hydroxyl groups is 1. The summed E-state index contributed by atoms with van der Waals surface area (Å²) in [5.74, 6) is -0.141. The maximum absolute atomic E-state index is 13.8. The smallest absolute Gasteiger partial charge is 0.339 e. The second-order valence-electron chi connectivity index (χ2n) is 10.4. The van der Waals surface area contributed by atoms with E-state index in [0.717, 1.165) is 36.4 Å². The fourth-order valence-corrected chi connectivity index (χ4v) is 6.18. The Hall–Kier alpha value is -3.27. The highest BCUT2D eigenvalue weighted by Crippen LogP contribution is 2.37. The van der Waals surface area contributed by atoms with Gasteiger partial charge >= 0.3 is 5.97 Å². The van der Waals surface area contributed by atoms with Gasteiger partial charge in [-0.2, -0.15) is 0 Å². The zero-order valence-electron chi connectivity index (χ0n) is 21.0. The van der Waals surface area contributed by atoms with Gasteiger partial charge < -0.3 is 31.3 Å². The number of quaternary nitrogens is 1. The van der Waals surface area contributed by atoms with E-state index < -0.39 is 6.10 Å². The van der Waals surface area contributed by atoms with Crippen LogP contribution in [0.5, 0.6) is 0 Å². The number of rotatable bonds is 5. The second kappa shape index (κ2) is 10.8. The number of ether oxygens (including phenoxy) is 1. The summed E-state index contributed by atoms with van der Waals surface area (Å²) >= 11 is 0. The third-order valence-corrected chi connectivity index (χ3v) is 8.07. The van der Waals surface area contributed by atoms with Crippen LogP contribution in [0.1, 0.15) is 12.8 Å². The van der Waals surface area contributed by atoms with Crippen molar-refractivity contribution in [2.24, 2.45) is 10.9 Å². The third kappa shape index (κ3) is 5.06. The zero-order chi connectivity index (χ0) is 25.4. The number of piperidine rings is 3. The highest BCUT2D eigenvalue weighted by molar-refractivity contribution is 6.18. The molecule has 4 aliphatic heterocycles. The molecule has 1 aromatic rings. The fourth-order valence-electron chi connectivity index (χ4n) is 6.18. The van der Waals surface area contributed by atoms with Gasteiger partial charge in [0.15, 0.2) is 12.6 Å². The lowest BCUT2D eigenvalue weighted by Crippen LogP contribution is -3.00. The molecular formula is C29H31BrN4O4. The van der Waals surface area contributed by atoms with Crippen molar-refractivity contribution in [2.45, 2.75) is 25.0 Å². The monoisotopic (exact) mass is 578 g/mol. The van der Waals surface area contributed by atoms with Crippen LogP contribution in [0.3, 0.4) is 0 Å². The lowest BCUT2D eigenvalue weighted by atomic mass is 9.83. The highest BCUT2D eigenvalue weighted by atomic mass is 79.9. The summed E-state index contributed by atoms with van der Waals surface area (Å²) in [6, 6.07) is 7.75. The maximum Gasteiger partial charge on any atom is 0.339 e. The quantitative estimate of drug-likeness (QED) is 0.297. The van der Waals surface area contributed by atoms with Gasteiger partial charge in [-0.1, -0.05) is 54.6 Å². The number of esters is 1. The minimum Gasteiger partial charge on any atom is -1.00 e. The summed E-state index contributed by atoms with van der Waals surface area (Å²) in [5.41, 5.74) is 4.79. The SMILES string of the molecule is O=C(C[N+]12CCC(CC1)[C@@H](OC(=O)C1=c3ccccc3=CC=C3C1=CC=CC3O)C2)NN1C=CC=NC1.[Br-]. The Bertz CT molecular complexity index is 1400. The summed E-state index contributed by atoms with van der Waals surface area (Å²) < 4.78 is 6.89. The van der Waals surface area contributed by atoms with Gasteiger partial charge in [-0.15, -0.1) is 0 Å². The molecule has 6 aliphatic rings. The van der Waals surface area contributed by atoms with Crippen LogP contribution in [0.4, 0.5) is 0 Å². The number of halogens is 1. The first kappa shape index (κ1) is 26.3. The Balaban J connectivity index is 0.00000294. The molecule has 0 saturated carbocycles. The molecule has 3 saturated heterocycles. The van der Waals surface area contributed by atoms with Gasteiger partial charge in [-0.25, -0.2) is 4.79 Å². The minimum absolute atomic E-state index is 0. The molecule has 2 atom stereocenters. The molecule has 1 amide bonds. The molecule has 1 unspecified atom stereocenters. The van der Waals surface area contributed by atoms with Gasteiger partial charge in [0.1, 0.15) is 13.2 Å². The van der Waals surface area contributed by atoms with Crippen LogP contribution in [0.25, 0.3) is 11.6 Å². The number of carbonyl (C=O) groups excluding carboxylic acids is 2. The molecule has 2 aliphatic carbocycles. The number of nitrogens with zero attached hydrogens (tertiary/aromatic N) is 3. The highest BCUT2D eigenvalue weighted by Gasteiger charge is 2.49. The number of nitrogens with one attached hydrogen (secondary N) is 1. The first-order chi connectivity index (χ1) is 18.0. The van der Waals surface area contributed by atoms with E-state index >= 15 is 0 Å². The summed E-state index contributed by atoms with van der Waals surface area (Å²) in [6.07, 6.45) is 15.3. The third-order valence-electron chi connectivity index (χ3n) is 8.07. The van der Waals surface area contributed by atoms with Gasteiger partial charge in [0.25, 0.3) is 5.91 Å². The number of allylic oxidation sites excluding steroid dienone is 4. The topological polar surface area (TPSA) is 91.2 Å².